The Morgan fingerprint density at radius 2 is 1.86 bits per heavy atom. The number of thiocarbonyl (C=S) groups is 1. The van der Waals surface area contributed by atoms with Crippen molar-refractivity contribution >= 4 is 55.5 Å². The van der Waals surface area contributed by atoms with Crippen LogP contribution in [0, 0.1) is 0 Å². The first-order valence-corrected chi connectivity index (χ1v) is 7.41. The van der Waals surface area contributed by atoms with Crippen molar-refractivity contribution in [2.24, 2.45) is 5.73 Å². The van der Waals surface area contributed by atoms with E-state index >= 15 is 0 Å². The first-order chi connectivity index (χ1) is 10.1. The molecule has 3 aromatic rings. The second kappa shape index (κ2) is 5.75. The molecule has 3 rings (SSSR count). The summed E-state index contributed by atoms with van der Waals surface area (Å²) in [6, 6.07) is 13.9. The second-order valence-corrected chi connectivity index (χ2v) is 5.82. The number of halogens is 1. The molecule has 0 amide bonds. The van der Waals surface area contributed by atoms with Gasteiger partial charge >= 0.3 is 0 Å². The highest BCUT2D eigenvalue weighted by Gasteiger charge is 2.03. The first kappa shape index (κ1) is 13.9. The number of benzene rings is 2. The predicted molar refractivity (Wildman–Crippen MR) is 92.9 cm³/mol. The van der Waals surface area contributed by atoms with Crippen LogP contribution in [0.4, 0.5) is 11.6 Å². The molecule has 0 bridgehead atoms. The molecule has 0 saturated heterocycles. The monoisotopic (exact) mass is 358 g/mol. The van der Waals surface area contributed by atoms with Crippen LogP contribution in [-0.2, 0) is 0 Å². The highest BCUT2D eigenvalue weighted by Crippen LogP contribution is 2.24. The molecule has 2 aromatic carbocycles. The Morgan fingerprint density at radius 3 is 2.67 bits per heavy atom. The smallest absolute Gasteiger partial charge is 0.227 e. The molecule has 1 aromatic heterocycles. The van der Waals surface area contributed by atoms with Gasteiger partial charge in [0, 0.05) is 16.4 Å². The van der Waals surface area contributed by atoms with Gasteiger partial charge in [-0.1, -0.05) is 40.3 Å². The molecule has 3 N–H and O–H groups in total. The molecular weight excluding hydrogens is 348 g/mol. The lowest BCUT2D eigenvalue weighted by Crippen LogP contribution is -2.12. The van der Waals surface area contributed by atoms with Crippen molar-refractivity contribution in [2.45, 2.75) is 0 Å². The molecule has 0 spiro atoms. The average Bonchev–Trinajstić information content (AvgIpc) is 2.48. The molecule has 0 radical (unpaired) electrons. The van der Waals surface area contributed by atoms with Crippen LogP contribution in [0.1, 0.15) is 5.69 Å². The van der Waals surface area contributed by atoms with Crippen LogP contribution in [0.15, 0.2) is 53.1 Å². The van der Waals surface area contributed by atoms with Crippen LogP contribution in [0.3, 0.4) is 0 Å². The summed E-state index contributed by atoms with van der Waals surface area (Å²) in [5.74, 6) is 0.469. The normalized spacial score (nSPS) is 10.5. The summed E-state index contributed by atoms with van der Waals surface area (Å²) < 4.78 is 1.06. The van der Waals surface area contributed by atoms with E-state index in [2.05, 4.69) is 43.3 Å². The fraction of sp³-hybridized carbons (Fsp3) is 0. The van der Waals surface area contributed by atoms with Gasteiger partial charge in [0.15, 0.2) is 0 Å². The van der Waals surface area contributed by atoms with Gasteiger partial charge in [-0.2, -0.15) is 0 Å². The van der Waals surface area contributed by atoms with Crippen molar-refractivity contribution in [3.63, 3.8) is 0 Å². The number of nitrogens with zero attached hydrogens (tertiary/aromatic N) is 2. The minimum Gasteiger partial charge on any atom is -0.388 e. The number of rotatable bonds is 3. The largest absolute Gasteiger partial charge is 0.388 e. The van der Waals surface area contributed by atoms with Crippen molar-refractivity contribution < 1.29 is 0 Å². The molecule has 6 heteroatoms. The molecule has 0 fully saturated rings. The number of hydrogen-bond acceptors (Lipinski definition) is 4. The van der Waals surface area contributed by atoms with Crippen molar-refractivity contribution in [3.05, 3.63) is 58.8 Å². The standard InChI is InChI=1S/C15H11BrN4S/c16-11-3-1-10-8-12(4-2-9(10)7-11)19-15-18-6-5-13(20-15)14(17)21/h1-8H,(H2,17,21)(H,18,19,20). The summed E-state index contributed by atoms with van der Waals surface area (Å²) in [5, 5.41) is 5.45. The first-order valence-electron chi connectivity index (χ1n) is 6.21. The van der Waals surface area contributed by atoms with Crippen molar-refractivity contribution in [1.82, 2.24) is 9.97 Å². The van der Waals surface area contributed by atoms with Crippen molar-refractivity contribution in [1.29, 1.82) is 0 Å². The average molecular weight is 359 g/mol. The molecule has 0 aliphatic heterocycles. The molecule has 0 atom stereocenters. The third-order valence-corrected chi connectivity index (χ3v) is 3.67. The Labute approximate surface area is 135 Å². The molecule has 0 aliphatic rings. The third kappa shape index (κ3) is 3.17. The fourth-order valence-electron chi connectivity index (χ4n) is 1.98. The highest BCUT2D eigenvalue weighted by molar-refractivity contribution is 9.10. The van der Waals surface area contributed by atoms with Gasteiger partial charge in [-0.15, -0.1) is 0 Å². The number of nitrogens with one attached hydrogen (secondary N) is 1. The fourth-order valence-corrected chi connectivity index (χ4v) is 2.47. The number of anilines is 2. The van der Waals surface area contributed by atoms with E-state index in [1.165, 1.54) is 0 Å². The van der Waals surface area contributed by atoms with Crippen LogP contribution in [0.2, 0.25) is 0 Å². The Balaban J connectivity index is 1.92. The SMILES string of the molecule is NC(=S)c1ccnc(Nc2ccc3cc(Br)ccc3c2)n1. The highest BCUT2D eigenvalue weighted by atomic mass is 79.9. The zero-order chi connectivity index (χ0) is 14.8. The van der Waals surface area contributed by atoms with Crippen LogP contribution in [0.5, 0.6) is 0 Å². The van der Waals surface area contributed by atoms with Crippen LogP contribution < -0.4 is 11.1 Å². The molecule has 4 nitrogen and oxygen atoms in total. The molecule has 104 valence electrons. The van der Waals surface area contributed by atoms with Gasteiger partial charge in [-0.25, -0.2) is 9.97 Å². The minimum atomic E-state index is 0.254. The molecule has 0 saturated carbocycles. The van der Waals surface area contributed by atoms with Crippen LogP contribution in [-0.4, -0.2) is 15.0 Å². The van der Waals surface area contributed by atoms with Crippen LogP contribution in [0.25, 0.3) is 10.8 Å². The summed E-state index contributed by atoms with van der Waals surface area (Å²) in [5.41, 5.74) is 7.03. The van der Waals surface area contributed by atoms with Gasteiger partial charge in [0.05, 0.1) is 0 Å². The number of aromatic nitrogens is 2. The van der Waals surface area contributed by atoms with Gasteiger partial charge in [-0.05, 0) is 41.1 Å². The Bertz CT molecular complexity index is 835. The summed E-state index contributed by atoms with van der Waals surface area (Å²) in [6.45, 7) is 0. The van der Waals surface area contributed by atoms with E-state index in [1.54, 1.807) is 12.3 Å². The summed E-state index contributed by atoms with van der Waals surface area (Å²) in [4.78, 5) is 8.69. The maximum atomic E-state index is 5.57. The van der Waals surface area contributed by atoms with Gasteiger partial charge in [0.1, 0.15) is 10.7 Å². The minimum absolute atomic E-state index is 0.254. The number of nitrogens with two attached hydrogens (primary N) is 1. The lowest BCUT2D eigenvalue weighted by Gasteiger charge is -2.07. The van der Waals surface area contributed by atoms with E-state index in [0.717, 1.165) is 20.9 Å². The summed E-state index contributed by atoms with van der Waals surface area (Å²) in [6.07, 6.45) is 1.63. The number of fused-ring (bicyclic) bond motifs is 1. The zero-order valence-electron chi connectivity index (χ0n) is 10.9. The van der Waals surface area contributed by atoms with Gasteiger partial charge in [0.2, 0.25) is 5.95 Å². The Morgan fingerprint density at radius 1 is 1.10 bits per heavy atom. The molecule has 0 aliphatic carbocycles. The van der Waals surface area contributed by atoms with Crippen molar-refractivity contribution in [2.75, 3.05) is 5.32 Å². The lowest BCUT2D eigenvalue weighted by atomic mass is 10.1. The Hall–Kier alpha value is -2.05. The van der Waals surface area contributed by atoms with Gasteiger partial charge in [0.25, 0.3) is 0 Å². The maximum absolute atomic E-state index is 5.57. The van der Waals surface area contributed by atoms with Gasteiger partial charge < -0.3 is 11.1 Å². The molecule has 1 heterocycles. The van der Waals surface area contributed by atoms with E-state index in [0.29, 0.717) is 11.6 Å². The van der Waals surface area contributed by atoms with E-state index in [1.807, 2.05) is 24.3 Å². The quantitative estimate of drug-likeness (QED) is 0.697. The summed E-state index contributed by atoms with van der Waals surface area (Å²) >= 11 is 8.38. The van der Waals surface area contributed by atoms with E-state index in [-0.39, 0.29) is 4.99 Å². The molecular formula is C15H11BrN4S. The van der Waals surface area contributed by atoms with E-state index < -0.39 is 0 Å². The predicted octanol–water partition coefficient (Wildman–Crippen LogP) is 3.77. The topological polar surface area (TPSA) is 63.8 Å². The van der Waals surface area contributed by atoms with Crippen LogP contribution >= 0.6 is 28.1 Å². The van der Waals surface area contributed by atoms with E-state index in [4.69, 9.17) is 18.0 Å². The number of hydrogen-bond donors (Lipinski definition) is 2. The zero-order valence-corrected chi connectivity index (χ0v) is 13.3. The molecule has 21 heavy (non-hydrogen) atoms. The van der Waals surface area contributed by atoms with Gasteiger partial charge in [-0.3, -0.25) is 0 Å². The Kier molecular flexibility index (Phi) is 3.81. The summed E-state index contributed by atoms with van der Waals surface area (Å²) in [7, 11) is 0. The van der Waals surface area contributed by atoms with E-state index in [9.17, 15) is 0 Å². The maximum Gasteiger partial charge on any atom is 0.227 e. The lowest BCUT2D eigenvalue weighted by molar-refractivity contribution is 1.15. The second-order valence-electron chi connectivity index (χ2n) is 4.46. The van der Waals surface area contributed by atoms with Crippen molar-refractivity contribution in [3.8, 4) is 0 Å². The molecule has 0 unspecified atom stereocenters. The third-order valence-electron chi connectivity index (χ3n) is 2.97.